The van der Waals surface area contributed by atoms with Gasteiger partial charge >= 0.3 is 0 Å². The summed E-state index contributed by atoms with van der Waals surface area (Å²) in [6.45, 7) is 2.08. The highest BCUT2D eigenvalue weighted by Crippen LogP contribution is 2.26. The number of hydrogen-bond acceptors (Lipinski definition) is 4. The molecule has 0 aliphatic rings. The van der Waals surface area contributed by atoms with Gasteiger partial charge < -0.3 is 15.8 Å². The average Bonchev–Trinajstić information content (AvgIpc) is 2.68. The lowest BCUT2D eigenvalue weighted by Gasteiger charge is -2.09. The Balaban J connectivity index is 2.30. The Morgan fingerprint density at radius 2 is 2.17 bits per heavy atom. The van der Waals surface area contributed by atoms with Gasteiger partial charge in [0.25, 0.3) is 0 Å². The van der Waals surface area contributed by atoms with Gasteiger partial charge in [-0.1, -0.05) is 6.92 Å². The first kappa shape index (κ1) is 12.3. The van der Waals surface area contributed by atoms with Crippen LogP contribution in [0.3, 0.4) is 0 Å². The van der Waals surface area contributed by atoms with Gasteiger partial charge in [-0.05, 0) is 12.5 Å². The molecule has 1 aromatic heterocycles. The van der Waals surface area contributed by atoms with E-state index in [-0.39, 0.29) is 0 Å². The fourth-order valence-electron chi connectivity index (χ4n) is 1.87. The van der Waals surface area contributed by atoms with Crippen LogP contribution in [0.15, 0.2) is 24.4 Å². The summed E-state index contributed by atoms with van der Waals surface area (Å²) in [4.78, 5) is 0. The number of nitrogen functional groups attached to an aromatic ring is 1. The van der Waals surface area contributed by atoms with E-state index >= 15 is 0 Å². The second kappa shape index (κ2) is 5.00. The lowest BCUT2D eigenvalue weighted by atomic mass is 10.2. The van der Waals surface area contributed by atoms with E-state index in [0.717, 1.165) is 29.2 Å². The van der Waals surface area contributed by atoms with E-state index in [2.05, 4.69) is 17.3 Å². The number of benzene rings is 1. The molecule has 2 aromatic rings. The van der Waals surface area contributed by atoms with Crippen molar-refractivity contribution in [1.29, 1.82) is 0 Å². The number of nitrogens with two attached hydrogens (primary N) is 1. The van der Waals surface area contributed by atoms with Crippen molar-refractivity contribution >= 4 is 17.1 Å². The molecule has 3 N–H and O–H groups in total. The minimum absolute atomic E-state index is 0.666. The molecule has 0 spiro atoms. The van der Waals surface area contributed by atoms with Crippen LogP contribution in [0.1, 0.15) is 12.6 Å². The molecule has 2 rings (SSSR count). The summed E-state index contributed by atoms with van der Waals surface area (Å²) in [5.74, 6) is 0.736. The highest BCUT2D eigenvalue weighted by Gasteiger charge is 2.07. The first-order valence-corrected chi connectivity index (χ1v) is 5.86. The number of nitrogens with one attached hydrogen (secondary N) is 1. The molecule has 0 atom stereocenters. The monoisotopic (exact) mass is 246 g/mol. The highest BCUT2D eigenvalue weighted by molar-refractivity contribution is 5.67. The zero-order valence-electron chi connectivity index (χ0n) is 10.9. The Labute approximate surface area is 107 Å². The van der Waals surface area contributed by atoms with Gasteiger partial charge in [-0.2, -0.15) is 5.10 Å². The van der Waals surface area contributed by atoms with E-state index in [9.17, 15) is 0 Å². The van der Waals surface area contributed by atoms with E-state index in [1.54, 1.807) is 17.9 Å². The van der Waals surface area contributed by atoms with Crippen molar-refractivity contribution in [2.75, 3.05) is 18.2 Å². The zero-order chi connectivity index (χ0) is 13.1. The van der Waals surface area contributed by atoms with E-state index < -0.39 is 0 Å². The topological polar surface area (TPSA) is 65.1 Å². The quantitative estimate of drug-likeness (QED) is 0.812. The molecule has 0 fully saturated rings. The number of rotatable bonds is 4. The molecule has 5 nitrogen and oxygen atoms in total. The lowest BCUT2D eigenvalue weighted by Crippen LogP contribution is -1.96. The molecular formula is C13H18N4O. The molecule has 96 valence electrons. The van der Waals surface area contributed by atoms with Crippen molar-refractivity contribution in [2.45, 2.75) is 13.3 Å². The van der Waals surface area contributed by atoms with Crippen LogP contribution in [-0.2, 0) is 13.5 Å². The summed E-state index contributed by atoms with van der Waals surface area (Å²) in [7, 11) is 3.53. The number of methoxy groups -OCH3 is 1. The van der Waals surface area contributed by atoms with Crippen molar-refractivity contribution in [3.8, 4) is 5.75 Å². The Hall–Kier alpha value is -2.17. The molecule has 0 saturated carbocycles. The summed E-state index contributed by atoms with van der Waals surface area (Å²) >= 11 is 0. The summed E-state index contributed by atoms with van der Waals surface area (Å²) in [6, 6.07) is 5.56. The van der Waals surface area contributed by atoms with Crippen molar-refractivity contribution in [1.82, 2.24) is 9.78 Å². The molecule has 5 heteroatoms. The van der Waals surface area contributed by atoms with Crippen molar-refractivity contribution in [2.24, 2.45) is 7.05 Å². The largest absolute Gasteiger partial charge is 0.497 e. The summed E-state index contributed by atoms with van der Waals surface area (Å²) in [5, 5.41) is 7.70. The van der Waals surface area contributed by atoms with E-state index in [1.807, 2.05) is 25.4 Å². The third-order valence-electron chi connectivity index (χ3n) is 2.68. The zero-order valence-corrected chi connectivity index (χ0v) is 10.9. The first-order valence-electron chi connectivity index (χ1n) is 5.86. The Bertz CT molecular complexity index is 548. The number of aryl methyl sites for hydroxylation is 2. The van der Waals surface area contributed by atoms with Crippen LogP contribution in [0.25, 0.3) is 0 Å². The predicted octanol–water partition coefficient (Wildman–Crippen LogP) is 2.32. The normalized spacial score (nSPS) is 10.4. The van der Waals surface area contributed by atoms with Crippen LogP contribution >= 0.6 is 0 Å². The maximum absolute atomic E-state index is 5.82. The molecular weight excluding hydrogens is 228 g/mol. The molecule has 0 aliphatic heterocycles. The van der Waals surface area contributed by atoms with Gasteiger partial charge in [-0.3, -0.25) is 4.68 Å². The van der Waals surface area contributed by atoms with Gasteiger partial charge in [-0.25, -0.2) is 0 Å². The van der Waals surface area contributed by atoms with Gasteiger partial charge in [0.2, 0.25) is 0 Å². The second-order valence-electron chi connectivity index (χ2n) is 4.14. The molecule has 1 heterocycles. The Morgan fingerprint density at radius 3 is 2.83 bits per heavy atom. The number of ether oxygens (including phenoxy) is 1. The van der Waals surface area contributed by atoms with Gasteiger partial charge in [0.1, 0.15) is 5.75 Å². The molecule has 18 heavy (non-hydrogen) atoms. The van der Waals surface area contributed by atoms with Gasteiger partial charge in [0, 0.05) is 36.8 Å². The van der Waals surface area contributed by atoms with Crippen molar-refractivity contribution in [3.63, 3.8) is 0 Å². The second-order valence-corrected chi connectivity index (χ2v) is 4.14. The molecule has 0 saturated heterocycles. The number of nitrogens with zero attached hydrogens (tertiary/aromatic N) is 2. The van der Waals surface area contributed by atoms with Crippen LogP contribution in [0.4, 0.5) is 17.1 Å². The number of anilines is 3. The van der Waals surface area contributed by atoms with Crippen molar-refractivity contribution < 1.29 is 4.74 Å². The minimum atomic E-state index is 0.666. The maximum Gasteiger partial charge on any atom is 0.122 e. The molecule has 0 amide bonds. The van der Waals surface area contributed by atoms with E-state index in [4.69, 9.17) is 10.5 Å². The van der Waals surface area contributed by atoms with Crippen LogP contribution in [0, 0.1) is 0 Å². The van der Waals surface area contributed by atoms with E-state index in [0.29, 0.717) is 5.69 Å². The molecule has 0 bridgehead atoms. The number of aromatic nitrogens is 2. The van der Waals surface area contributed by atoms with Crippen LogP contribution in [0.2, 0.25) is 0 Å². The molecule has 0 unspecified atom stereocenters. The minimum Gasteiger partial charge on any atom is -0.497 e. The number of hydrogen-bond donors (Lipinski definition) is 2. The maximum atomic E-state index is 5.82. The van der Waals surface area contributed by atoms with Gasteiger partial charge in [0.05, 0.1) is 18.5 Å². The molecule has 0 radical (unpaired) electrons. The van der Waals surface area contributed by atoms with Gasteiger partial charge in [0.15, 0.2) is 0 Å². The van der Waals surface area contributed by atoms with Crippen LogP contribution in [0.5, 0.6) is 5.75 Å². The highest BCUT2D eigenvalue weighted by atomic mass is 16.5. The average molecular weight is 246 g/mol. The molecule has 1 aromatic carbocycles. The first-order chi connectivity index (χ1) is 8.62. The standard InChI is InChI=1S/C13H18N4O/c1-4-12-13(8-17(2)16-12)15-10-5-9(14)6-11(7-10)18-3/h5-8,15H,4,14H2,1-3H3. The third-order valence-corrected chi connectivity index (χ3v) is 2.68. The predicted molar refractivity (Wildman–Crippen MR) is 73.3 cm³/mol. The SMILES string of the molecule is CCc1nn(C)cc1Nc1cc(N)cc(OC)c1. The van der Waals surface area contributed by atoms with Crippen molar-refractivity contribution in [3.05, 3.63) is 30.1 Å². The Morgan fingerprint density at radius 1 is 1.39 bits per heavy atom. The smallest absolute Gasteiger partial charge is 0.122 e. The van der Waals surface area contributed by atoms with Crippen LogP contribution in [-0.4, -0.2) is 16.9 Å². The van der Waals surface area contributed by atoms with E-state index in [1.165, 1.54) is 0 Å². The Kier molecular flexibility index (Phi) is 3.41. The van der Waals surface area contributed by atoms with Gasteiger partial charge in [-0.15, -0.1) is 0 Å². The summed E-state index contributed by atoms with van der Waals surface area (Å²) in [6.07, 6.45) is 2.83. The van der Waals surface area contributed by atoms with Crippen LogP contribution < -0.4 is 15.8 Å². The third kappa shape index (κ3) is 2.56. The molecule has 0 aliphatic carbocycles. The summed E-state index contributed by atoms with van der Waals surface area (Å²) < 4.78 is 6.99. The summed E-state index contributed by atoms with van der Waals surface area (Å²) in [5.41, 5.74) is 9.41. The lowest BCUT2D eigenvalue weighted by molar-refractivity contribution is 0.415. The fourth-order valence-corrected chi connectivity index (χ4v) is 1.87. The fraction of sp³-hybridized carbons (Fsp3) is 0.308.